The SMILES string of the molecule is Nc1cccnc1SCCSc1ccccc1.O=[N+]([O-])c1cccnc1SCCSc1ccccc1. The third-order valence-corrected chi connectivity index (χ3v) is 8.98. The summed E-state index contributed by atoms with van der Waals surface area (Å²) < 4.78 is 0. The molecule has 6 nitrogen and oxygen atoms in total. The molecule has 2 aromatic heterocycles. The summed E-state index contributed by atoms with van der Waals surface area (Å²) in [6.07, 6.45) is 3.36. The van der Waals surface area contributed by atoms with Gasteiger partial charge in [0.05, 0.1) is 10.6 Å². The number of nitro groups is 1. The van der Waals surface area contributed by atoms with Gasteiger partial charge in [-0.05, 0) is 42.5 Å². The highest BCUT2D eigenvalue weighted by Crippen LogP contribution is 2.28. The van der Waals surface area contributed by atoms with E-state index in [1.54, 1.807) is 42.0 Å². The quantitative estimate of drug-likeness (QED) is 0.0879. The fourth-order valence-corrected chi connectivity index (χ4v) is 6.47. The monoisotopic (exact) mass is 554 g/mol. The Labute approximate surface area is 228 Å². The zero-order valence-corrected chi connectivity index (χ0v) is 22.7. The molecule has 2 N–H and O–H groups in total. The van der Waals surface area contributed by atoms with Crippen LogP contribution in [-0.4, -0.2) is 37.9 Å². The Hall–Kier alpha value is -2.66. The van der Waals surface area contributed by atoms with Gasteiger partial charge in [-0.3, -0.25) is 10.1 Å². The number of anilines is 1. The second-order valence-electron chi connectivity index (χ2n) is 7.00. The van der Waals surface area contributed by atoms with Gasteiger partial charge in [0, 0.05) is 51.3 Å². The number of pyridine rings is 2. The van der Waals surface area contributed by atoms with Crippen molar-refractivity contribution in [2.24, 2.45) is 0 Å². The number of aromatic nitrogens is 2. The van der Waals surface area contributed by atoms with E-state index < -0.39 is 0 Å². The average molecular weight is 555 g/mol. The molecule has 0 fully saturated rings. The molecule has 0 saturated heterocycles. The number of benzene rings is 2. The van der Waals surface area contributed by atoms with Gasteiger partial charge in [0.15, 0.2) is 5.03 Å². The molecule has 0 amide bonds. The largest absolute Gasteiger partial charge is 0.397 e. The van der Waals surface area contributed by atoms with E-state index in [2.05, 4.69) is 46.4 Å². The minimum Gasteiger partial charge on any atom is -0.397 e. The van der Waals surface area contributed by atoms with Crippen molar-refractivity contribution in [2.75, 3.05) is 28.7 Å². The van der Waals surface area contributed by atoms with E-state index >= 15 is 0 Å². The predicted molar refractivity (Wildman–Crippen MR) is 155 cm³/mol. The van der Waals surface area contributed by atoms with E-state index in [0.29, 0.717) is 5.03 Å². The highest BCUT2D eigenvalue weighted by molar-refractivity contribution is 8.03. The Balaban J connectivity index is 0.000000202. The minimum atomic E-state index is -0.389. The number of rotatable bonds is 11. The van der Waals surface area contributed by atoms with Crippen LogP contribution in [0.3, 0.4) is 0 Å². The van der Waals surface area contributed by atoms with Crippen LogP contribution in [0.5, 0.6) is 0 Å². The lowest BCUT2D eigenvalue weighted by Gasteiger charge is -2.03. The number of nitrogens with two attached hydrogens (primary N) is 1. The van der Waals surface area contributed by atoms with Crippen LogP contribution in [0.25, 0.3) is 0 Å². The molecule has 0 atom stereocenters. The topological polar surface area (TPSA) is 94.9 Å². The average Bonchev–Trinajstić information content (AvgIpc) is 2.92. The second kappa shape index (κ2) is 16.2. The molecule has 2 heterocycles. The maximum Gasteiger partial charge on any atom is 0.301 e. The van der Waals surface area contributed by atoms with Crippen LogP contribution in [0.2, 0.25) is 0 Å². The molecule has 2 aromatic carbocycles. The number of nitrogen functional groups attached to an aromatic ring is 1. The number of hydrogen-bond donors (Lipinski definition) is 1. The van der Waals surface area contributed by atoms with Crippen molar-refractivity contribution in [3.8, 4) is 0 Å². The standard InChI is InChI=1S/C13H12N2O2S2.C13H14N2S2/c16-15(17)12-7-4-8-14-13(12)19-10-9-18-11-5-2-1-3-6-11;14-12-7-4-8-15-13(12)17-10-9-16-11-5-2-1-3-6-11/h1-8H,9-10H2;1-8H,9-10,14H2. The number of hydrogen-bond acceptors (Lipinski definition) is 9. The first-order chi connectivity index (χ1) is 17.6. The van der Waals surface area contributed by atoms with Gasteiger partial charge in [0.25, 0.3) is 0 Å². The second-order valence-corrected chi connectivity index (χ2v) is 11.5. The Morgan fingerprint density at radius 1 is 0.639 bits per heavy atom. The van der Waals surface area contributed by atoms with Crippen molar-refractivity contribution < 1.29 is 4.92 Å². The molecule has 0 aliphatic rings. The lowest BCUT2D eigenvalue weighted by Crippen LogP contribution is -1.94. The van der Waals surface area contributed by atoms with Gasteiger partial charge in [-0.25, -0.2) is 9.97 Å². The molecule has 0 radical (unpaired) electrons. The van der Waals surface area contributed by atoms with Crippen molar-refractivity contribution in [1.82, 2.24) is 9.97 Å². The van der Waals surface area contributed by atoms with Gasteiger partial charge in [-0.15, -0.1) is 35.3 Å². The van der Waals surface area contributed by atoms with Crippen LogP contribution in [0.1, 0.15) is 0 Å². The number of thioether (sulfide) groups is 4. The summed E-state index contributed by atoms with van der Waals surface area (Å²) in [4.78, 5) is 21.3. The highest BCUT2D eigenvalue weighted by atomic mass is 32.2. The third-order valence-electron chi connectivity index (χ3n) is 4.42. The normalized spacial score (nSPS) is 10.3. The maximum absolute atomic E-state index is 10.8. The smallest absolute Gasteiger partial charge is 0.301 e. The molecule has 36 heavy (non-hydrogen) atoms. The lowest BCUT2D eigenvalue weighted by atomic mass is 10.4. The molecule has 0 unspecified atom stereocenters. The molecule has 0 bridgehead atoms. The molecule has 10 heteroatoms. The minimum absolute atomic E-state index is 0.0808. The molecule has 0 saturated carbocycles. The van der Waals surface area contributed by atoms with E-state index in [-0.39, 0.29) is 10.6 Å². The first-order valence-electron chi connectivity index (χ1n) is 11.0. The molecule has 0 spiro atoms. The number of nitrogens with zero attached hydrogens (tertiary/aromatic N) is 3. The Morgan fingerprint density at radius 3 is 1.64 bits per heavy atom. The van der Waals surface area contributed by atoms with Crippen LogP contribution < -0.4 is 5.73 Å². The van der Waals surface area contributed by atoms with Gasteiger partial charge in [0.2, 0.25) is 0 Å². The van der Waals surface area contributed by atoms with E-state index in [9.17, 15) is 10.1 Å². The van der Waals surface area contributed by atoms with Crippen LogP contribution >= 0.6 is 47.0 Å². The molecular formula is C26H26N4O2S4. The highest BCUT2D eigenvalue weighted by Gasteiger charge is 2.13. The van der Waals surface area contributed by atoms with Gasteiger partial charge >= 0.3 is 5.69 Å². The van der Waals surface area contributed by atoms with E-state index in [0.717, 1.165) is 33.7 Å². The summed E-state index contributed by atoms with van der Waals surface area (Å²) in [7, 11) is 0. The molecule has 4 aromatic rings. The van der Waals surface area contributed by atoms with Crippen molar-refractivity contribution in [3.63, 3.8) is 0 Å². The molecule has 186 valence electrons. The molecule has 0 aliphatic carbocycles. The first kappa shape index (κ1) is 27.9. The summed E-state index contributed by atoms with van der Waals surface area (Å²) in [5, 5.41) is 12.2. The van der Waals surface area contributed by atoms with Crippen molar-refractivity contribution in [3.05, 3.63) is 107 Å². The van der Waals surface area contributed by atoms with Gasteiger partial charge in [-0.1, -0.05) is 48.2 Å². The first-order valence-corrected chi connectivity index (χ1v) is 15.0. The fraction of sp³-hybridized carbons (Fsp3) is 0.154. The van der Waals surface area contributed by atoms with E-state index in [1.807, 2.05) is 48.2 Å². The van der Waals surface area contributed by atoms with Crippen molar-refractivity contribution in [1.29, 1.82) is 0 Å². The summed E-state index contributed by atoms with van der Waals surface area (Å²) in [5.74, 6) is 3.76. The van der Waals surface area contributed by atoms with Crippen LogP contribution in [0, 0.1) is 10.1 Å². The summed E-state index contributed by atoms with van der Waals surface area (Å²) in [6.45, 7) is 0. The lowest BCUT2D eigenvalue weighted by molar-refractivity contribution is -0.388. The summed E-state index contributed by atoms with van der Waals surface area (Å²) >= 11 is 6.72. The molecule has 0 aliphatic heterocycles. The van der Waals surface area contributed by atoms with Gasteiger partial charge in [-0.2, -0.15) is 0 Å². The van der Waals surface area contributed by atoms with Crippen LogP contribution in [0.4, 0.5) is 11.4 Å². The van der Waals surface area contributed by atoms with Gasteiger partial charge in [0.1, 0.15) is 5.03 Å². The third kappa shape index (κ3) is 10.1. The fourth-order valence-electron chi connectivity index (χ4n) is 2.79. The van der Waals surface area contributed by atoms with E-state index in [4.69, 9.17) is 5.73 Å². The summed E-state index contributed by atoms with van der Waals surface area (Å²) in [5.41, 5.74) is 6.67. The summed E-state index contributed by atoms with van der Waals surface area (Å²) in [6, 6.07) is 27.3. The van der Waals surface area contributed by atoms with Crippen LogP contribution in [-0.2, 0) is 0 Å². The molecular weight excluding hydrogens is 529 g/mol. The van der Waals surface area contributed by atoms with Crippen molar-refractivity contribution in [2.45, 2.75) is 19.8 Å². The van der Waals surface area contributed by atoms with E-state index in [1.165, 1.54) is 27.6 Å². The molecule has 4 rings (SSSR count). The predicted octanol–water partition coefficient (Wildman–Crippen LogP) is 7.42. The Kier molecular flexibility index (Phi) is 12.5. The maximum atomic E-state index is 10.8. The van der Waals surface area contributed by atoms with Crippen LogP contribution in [0.15, 0.2) is 117 Å². The zero-order valence-electron chi connectivity index (χ0n) is 19.4. The Bertz CT molecular complexity index is 1200. The van der Waals surface area contributed by atoms with Gasteiger partial charge < -0.3 is 5.73 Å². The zero-order chi connectivity index (χ0) is 25.4. The Morgan fingerprint density at radius 2 is 1.11 bits per heavy atom. The van der Waals surface area contributed by atoms with Crippen molar-refractivity contribution >= 4 is 58.4 Å².